The number of hydrogen-bond acceptors (Lipinski definition) is 2. The summed E-state index contributed by atoms with van der Waals surface area (Å²) in [6, 6.07) is 16.4. The predicted molar refractivity (Wildman–Crippen MR) is 78.0 cm³/mol. The molecule has 18 heavy (non-hydrogen) atoms. The van der Waals surface area contributed by atoms with Gasteiger partial charge in [-0.2, -0.15) is 0 Å². The summed E-state index contributed by atoms with van der Waals surface area (Å²) in [6.45, 7) is 2.11. The van der Waals surface area contributed by atoms with Gasteiger partial charge in [-0.25, -0.2) is 0 Å². The van der Waals surface area contributed by atoms with Crippen molar-refractivity contribution >= 4 is 28.4 Å². The highest BCUT2D eigenvalue weighted by Gasteiger charge is 2.09. The van der Waals surface area contributed by atoms with Gasteiger partial charge in [0.25, 0.3) is 0 Å². The van der Waals surface area contributed by atoms with E-state index in [-0.39, 0.29) is 0 Å². The van der Waals surface area contributed by atoms with Gasteiger partial charge in [0.1, 0.15) is 0 Å². The first-order valence-corrected chi connectivity index (χ1v) is 6.66. The Labute approximate surface area is 110 Å². The Morgan fingerprint density at radius 2 is 1.72 bits per heavy atom. The van der Waals surface area contributed by atoms with Crippen molar-refractivity contribution in [2.45, 2.75) is 16.7 Å². The van der Waals surface area contributed by atoms with E-state index in [0.29, 0.717) is 0 Å². The minimum absolute atomic E-state index is 0.801. The molecule has 0 bridgehead atoms. The number of rotatable bonds is 2. The third kappa shape index (κ3) is 1.97. The molecule has 0 spiro atoms. The van der Waals surface area contributed by atoms with Crippen molar-refractivity contribution < 1.29 is 0 Å². The lowest BCUT2D eigenvalue weighted by molar-refractivity contribution is 1.23. The van der Waals surface area contributed by atoms with Crippen LogP contribution in [0.15, 0.2) is 58.3 Å². The van der Waals surface area contributed by atoms with Crippen molar-refractivity contribution in [3.8, 4) is 0 Å². The smallest absolute Gasteiger partial charge is 0.0467 e. The van der Waals surface area contributed by atoms with Crippen molar-refractivity contribution in [1.82, 2.24) is 4.98 Å². The zero-order valence-electron chi connectivity index (χ0n) is 10.1. The quantitative estimate of drug-likeness (QED) is 0.673. The zero-order chi connectivity index (χ0) is 12.5. The molecule has 3 N–H and O–H groups in total. The fourth-order valence-electron chi connectivity index (χ4n) is 2.04. The van der Waals surface area contributed by atoms with Gasteiger partial charge in [-0.15, -0.1) is 0 Å². The van der Waals surface area contributed by atoms with Crippen LogP contribution in [0.4, 0.5) is 5.69 Å². The maximum atomic E-state index is 5.71. The van der Waals surface area contributed by atoms with Gasteiger partial charge in [0.15, 0.2) is 0 Å². The van der Waals surface area contributed by atoms with E-state index in [1.165, 1.54) is 26.4 Å². The molecule has 2 nitrogen and oxygen atoms in total. The first kappa shape index (κ1) is 11.2. The second-order valence-corrected chi connectivity index (χ2v) is 5.38. The van der Waals surface area contributed by atoms with E-state index >= 15 is 0 Å². The number of para-hydroxylation sites is 1. The molecule has 0 aliphatic heterocycles. The van der Waals surface area contributed by atoms with E-state index < -0.39 is 0 Å². The van der Waals surface area contributed by atoms with Gasteiger partial charge >= 0.3 is 0 Å². The average Bonchev–Trinajstić information content (AvgIpc) is 2.69. The first-order chi connectivity index (χ1) is 8.74. The highest BCUT2D eigenvalue weighted by molar-refractivity contribution is 7.99. The van der Waals surface area contributed by atoms with Crippen LogP contribution >= 0.6 is 11.8 Å². The molecule has 3 heteroatoms. The molecule has 3 aromatic rings. The van der Waals surface area contributed by atoms with E-state index in [2.05, 4.69) is 48.3 Å². The molecule has 1 aromatic heterocycles. The van der Waals surface area contributed by atoms with Crippen LogP contribution in [0.25, 0.3) is 10.9 Å². The fourth-order valence-corrected chi connectivity index (χ4v) is 3.04. The summed E-state index contributed by atoms with van der Waals surface area (Å²) in [7, 11) is 0. The summed E-state index contributed by atoms with van der Waals surface area (Å²) < 4.78 is 0. The molecule has 0 aliphatic rings. The summed E-state index contributed by atoms with van der Waals surface area (Å²) in [5.41, 5.74) is 8.90. The normalized spacial score (nSPS) is 10.9. The Bertz CT molecular complexity index is 683. The molecule has 0 atom stereocenters. The second-order valence-electron chi connectivity index (χ2n) is 4.30. The standard InChI is InChI=1S/C15H14N2S/c1-10-15(13-4-2-3-5-14(13)17-10)18-12-8-6-11(16)7-9-12/h2-9,17H,16H2,1H3. The van der Waals surface area contributed by atoms with Gasteiger partial charge in [-0.05, 0) is 37.3 Å². The van der Waals surface area contributed by atoms with Crippen LogP contribution < -0.4 is 5.73 Å². The number of benzene rings is 2. The number of aromatic amines is 1. The van der Waals surface area contributed by atoms with Crippen molar-refractivity contribution in [2.24, 2.45) is 0 Å². The number of nitrogen functional groups attached to an aromatic ring is 1. The van der Waals surface area contributed by atoms with E-state index in [0.717, 1.165) is 5.69 Å². The van der Waals surface area contributed by atoms with Crippen LogP contribution in [0.1, 0.15) is 5.69 Å². The Morgan fingerprint density at radius 1 is 1.00 bits per heavy atom. The highest BCUT2D eigenvalue weighted by atomic mass is 32.2. The summed E-state index contributed by atoms with van der Waals surface area (Å²) in [5, 5.41) is 1.27. The van der Waals surface area contributed by atoms with E-state index in [1.807, 2.05) is 12.1 Å². The average molecular weight is 254 g/mol. The Balaban J connectivity index is 2.04. The van der Waals surface area contributed by atoms with Crippen LogP contribution in [-0.4, -0.2) is 4.98 Å². The van der Waals surface area contributed by atoms with Gasteiger partial charge < -0.3 is 10.7 Å². The van der Waals surface area contributed by atoms with Crippen LogP contribution in [0, 0.1) is 6.92 Å². The molecule has 0 saturated heterocycles. The number of H-pyrrole nitrogens is 1. The monoisotopic (exact) mass is 254 g/mol. The molecule has 2 aromatic carbocycles. The molecule has 90 valence electrons. The van der Waals surface area contributed by atoms with Crippen molar-refractivity contribution in [3.63, 3.8) is 0 Å². The van der Waals surface area contributed by atoms with E-state index in [4.69, 9.17) is 5.73 Å². The molecular formula is C15H14N2S. The van der Waals surface area contributed by atoms with Crippen LogP contribution in [0.3, 0.4) is 0 Å². The zero-order valence-corrected chi connectivity index (χ0v) is 10.9. The topological polar surface area (TPSA) is 41.8 Å². The van der Waals surface area contributed by atoms with Gasteiger partial charge in [0, 0.05) is 32.1 Å². The molecule has 0 saturated carbocycles. The molecular weight excluding hydrogens is 240 g/mol. The molecule has 0 unspecified atom stereocenters. The fraction of sp³-hybridized carbons (Fsp3) is 0.0667. The molecule has 0 fully saturated rings. The predicted octanol–water partition coefficient (Wildman–Crippen LogP) is 4.21. The van der Waals surface area contributed by atoms with E-state index in [9.17, 15) is 0 Å². The van der Waals surface area contributed by atoms with Gasteiger partial charge in [0.2, 0.25) is 0 Å². The molecule has 1 heterocycles. The number of nitrogens with one attached hydrogen (secondary N) is 1. The molecule has 0 amide bonds. The third-order valence-electron chi connectivity index (χ3n) is 2.93. The van der Waals surface area contributed by atoms with Crippen LogP contribution in [0.5, 0.6) is 0 Å². The summed E-state index contributed by atoms with van der Waals surface area (Å²) in [5.74, 6) is 0. The number of aryl methyl sites for hydroxylation is 1. The number of fused-ring (bicyclic) bond motifs is 1. The maximum absolute atomic E-state index is 5.71. The lowest BCUT2D eigenvalue weighted by atomic mass is 10.2. The molecule has 3 rings (SSSR count). The molecule has 0 aliphatic carbocycles. The second kappa shape index (κ2) is 4.42. The first-order valence-electron chi connectivity index (χ1n) is 5.85. The minimum atomic E-state index is 0.801. The van der Waals surface area contributed by atoms with Gasteiger partial charge in [-0.3, -0.25) is 0 Å². The SMILES string of the molecule is Cc1[nH]c2ccccc2c1Sc1ccc(N)cc1. The largest absolute Gasteiger partial charge is 0.399 e. The van der Waals surface area contributed by atoms with Gasteiger partial charge in [0.05, 0.1) is 0 Å². The highest BCUT2D eigenvalue weighted by Crippen LogP contribution is 2.36. The lowest BCUT2D eigenvalue weighted by Crippen LogP contribution is -1.82. The van der Waals surface area contributed by atoms with Gasteiger partial charge in [-0.1, -0.05) is 30.0 Å². The van der Waals surface area contributed by atoms with E-state index in [1.54, 1.807) is 11.8 Å². The maximum Gasteiger partial charge on any atom is 0.0467 e. The van der Waals surface area contributed by atoms with Crippen molar-refractivity contribution in [2.75, 3.05) is 5.73 Å². The Morgan fingerprint density at radius 3 is 2.50 bits per heavy atom. The lowest BCUT2D eigenvalue weighted by Gasteiger charge is -2.02. The van der Waals surface area contributed by atoms with Crippen molar-refractivity contribution in [3.05, 3.63) is 54.2 Å². The number of hydrogen-bond donors (Lipinski definition) is 2. The summed E-state index contributed by atoms with van der Waals surface area (Å²) >= 11 is 1.77. The number of anilines is 1. The van der Waals surface area contributed by atoms with Crippen LogP contribution in [0.2, 0.25) is 0 Å². The summed E-state index contributed by atoms with van der Waals surface area (Å²) in [4.78, 5) is 5.91. The number of nitrogens with two attached hydrogens (primary N) is 1. The third-order valence-corrected chi connectivity index (χ3v) is 4.17. The summed E-state index contributed by atoms with van der Waals surface area (Å²) in [6.07, 6.45) is 0. The van der Waals surface area contributed by atoms with Crippen LogP contribution in [-0.2, 0) is 0 Å². The van der Waals surface area contributed by atoms with Crippen molar-refractivity contribution in [1.29, 1.82) is 0 Å². The molecule has 0 radical (unpaired) electrons. The number of aromatic nitrogens is 1. The Kier molecular flexibility index (Phi) is 2.76. The minimum Gasteiger partial charge on any atom is -0.399 e. The Hall–Kier alpha value is -1.87.